The predicted octanol–water partition coefficient (Wildman–Crippen LogP) is 15.1. The standard InChI is InChI=1S/C61H103NO6Si/c1-61(2,3)69(57-44-32-22-33-45-57,58-46-34-23-35-47-58)68-53-52-65-51-48-62-56(42-30-24-36-49-66-59(63)54-38-26-18-14-10-6-4-7-11-15-19-27-39-54)43-31-25-37-50-67-60(64)55-40-28-20-16-12-8-5-9-13-17-21-29-41-55/h22-23,32-35,44-47,54-56,62H,4-21,24-31,36-43,48-53H2,1-3H3. The van der Waals surface area contributed by atoms with Gasteiger partial charge in [0, 0.05) is 12.6 Å². The van der Waals surface area contributed by atoms with Crippen LogP contribution in [0.1, 0.15) is 239 Å². The molecule has 8 heteroatoms. The van der Waals surface area contributed by atoms with Gasteiger partial charge in [0.25, 0.3) is 8.32 Å². The lowest BCUT2D eigenvalue weighted by molar-refractivity contribution is -0.150. The van der Waals surface area contributed by atoms with Crippen molar-refractivity contribution < 1.29 is 28.2 Å². The van der Waals surface area contributed by atoms with Crippen molar-refractivity contribution in [3.8, 4) is 0 Å². The van der Waals surface area contributed by atoms with E-state index in [1.807, 2.05) is 0 Å². The molecule has 2 saturated carbocycles. The first-order valence-corrected chi connectivity index (χ1v) is 31.1. The number of hydrogen-bond donors (Lipinski definition) is 1. The van der Waals surface area contributed by atoms with Crippen molar-refractivity contribution in [2.24, 2.45) is 11.8 Å². The van der Waals surface area contributed by atoms with E-state index >= 15 is 0 Å². The van der Waals surface area contributed by atoms with Crippen LogP contribution in [0, 0.1) is 11.8 Å². The van der Waals surface area contributed by atoms with Gasteiger partial charge in [-0.2, -0.15) is 0 Å². The van der Waals surface area contributed by atoms with Crippen LogP contribution in [0.25, 0.3) is 0 Å². The number of unbranched alkanes of at least 4 members (excludes halogenated alkanes) is 4. The average molecular weight is 975 g/mol. The van der Waals surface area contributed by atoms with Gasteiger partial charge in [0.1, 0.15) is 0 Å². The first-order valence-electron chi connectivity index (χ1n) is 29.2. The SMILES string of the molecule is CC(C)(C)[Si](OCCOCCNC(CCCCCOC(=O)C1CCCCCCCCCCCCC1)CCCCCOC(=O)C1CCCCCCCCCCCCC1)(c1ccccc1)c1ccccc1. The number of nitrogens with one attached hydrogen (secondary N) is 1. The molecule has 2 aliphatic carbocycles. The molecule has 0 aromatic heterocycles. The molecular weight excluding hydrogens is 871 g/mol. The highest BCUT2D eigenvalue weighted by Gasteiger charge is 2.50. The minimum Gasteiger partial charge on any atom is -0.465 e. The van der Waals surface area contributed by atoms with Crippen LogP contribution in [-0.4, -0.2) is 65.9 Å². The van der Waals surface area contributed by atoms with E-state index in [-0.39, 0.29) is 28.8 Å². The van der Waals surface area contributed by atoms with Crippen LogP contribution < -0.4 is 15.7 Å². The van der Waals surface area contributed by atoms with Crippen molar-refractivity contribution in [2.75, 3.05) is 39.6 Å². The molecular formula is C61H103NO6Si. The number of carbonyl (C=O) groups excluding carboxylic acids is 2. The smallest absolute Gasteiger partial charge is 0.308 e. The average Bonchev–Trinajstić information content (AvgIpc) is 3.35. The van der Waals surface area contributed by atoms with Gasteiger partial charge in [-0.1, -0.05) is 248 Å². The summed E-state index contributed by atoms with van der Waals surface area (Å²) >= 11 is 0. The summed E-state index contributed by atoms with van der Waals surface area (Å²) in [6.07, 6.45) is 40.8. The first-order chi connectivity index (χ1) is 33.8. The van der Waals surface area contributed by atoms with Gasteiger partial charge in [-0.15, -0.1) is 0 Å². The number of hydrogen-bond acceptors (Lipinski definition) is 7. The zero-order valence-corrected chi connectivity index (χ0v) is 45.7. The van der Waals surface area contributed by atoms with Crippen LogP contribution in [0.2, 0.25) is 5.04 Å². The Bertz CT molecular complexity index is 1420. The van der Waals surface area contributed by atoms with Crippen molar-refractivity contribution in [3.63, 3.8) is 0 Å². The minimum absolute atomic E-state index is 0.0522. The Kier molecular flexibility index (Phi) is 31.9. The molecule has 7 nitrogen and oxygen atoms in total. The molecule has 2 fully saturated rings. The molecule has 0 aliphatic heterocycles. The third kappa shape index (κ3) is 24.6. The van der Waals surface area contributed by atoms with Crippen LogP contribution in [0.4, 0.5) is 0 Å². The predicted molar refractivity (Wildman–Crippen MR) is 292 cm³/mol. The Morgan fingerprint density at radius 3 is 1.20 bits per heavy atom. The van der Waals surface area contributed by atoms with Gasteiger partial charge in [-0.3, -0.25) is 9.59 Å². The van der Waals surface area contributed by atoms with Gasteiger partial charge in [0.15, 0.2) is 0 Å². The molecule has 0 heterocycles. The summed E-state index contributed by atoms with van der Waals surface area (Å²) in [4.78, 5) is 26.5. The van der Waals surface area contributed by atoms with Gasteiger partial charge < -0.3 is 24.0 Å². The van der Waals surface area contributed by atoms with E-state index in [4.69, 9.17) is 18.6 Å². The molecule has 0 radical (unpaired) electrons. The summed E-state index contributed by atoms with van der Waals surface area (Å²) in [6.45, 7) is 10.6. The van der Waals surface area contributed by atoms with E-state index in [0.717, 1.165) is 109 Å². The molecule has 2 aromatic carbocycles. The summed E-state index contributed by atoms with van der Waals surface area (Å²) < 4.78 is 25.2. The van der Waals surface area contributed by atoms with Gasteiger partial charge in [-0.25, -0.2) is 0 Å². The second kappa shape index (κ2) is 37.3. The molecule has 0 spiro atoms. The molecule has 0 bridgehead atoms. The zero-order valence-electron chi connectivity index (χ0n) is 44.7. The Balaban J connectivity index is 1.21. The lowest BCUT2D eigenvalue weighted by Crippen LogP contribution is -2.66. The van der Waals surface area contributed by atoms with Crippen molar-refractivity contribution >= 4 is 30.6 Å². The minimum atomic E-state index is -2.59. The van der Waals surface area contributed by atoms with Crippen molar-refractivity contribution in [1.82, 2.24) is 5.32 Å². The fourth-order valence-corrected chi connectivity index (χ4v) is 15.8. The second-order valence-electron chi connectivity index (χ2n) is 22.1. The molecule has 2 aliphatic rings. The monoisotopic (exact) mass is 974 g/mol. The van der Waals surface area contributed by atoms with E-state index < -0.39 is 8.32 Å². The number of rotatable bonds is 24. The van der Waals surface area contributed by atoms with Crippen LogP contribution >= 0.6 is 0 Å². The van der Waals surface area contributed by atoms with Crippen LogP contribution in [0.3, 0.4) is 0 Å². The molecule has 4 rings (SSSR count). The summed E-state index contributed by atoms with van der Waals surface area (Å²) in [5, 5.41) is 6.37. The van der Waals surface area contributed by atoms with E-state index in [1.54, 1.807) is 0 Å². The molecule has 392 valence electrons. The largest absolute Gasteiger partial charge is 0.465 e. The summed E-state index contributed by atoms with van der Waals surface area (Å²) in [6, 6.07) is 22.0. The number of ether oxygens (including phenoxy) is 3. The maximum atomic E-state index is 13.2. The van der Waals surface area contributed by atoms with Crippen molar-refractivity contribution in [1.29, 1.82) is 0 Å². The number of carbonyl (C=O) groups is 2. The Morgan fingerprint density at radius 2 is 0.841 bits per heavy atom. The summed E-state index contributed by atoms with van der Waals surface area (Å²) in [5.74, 6) is 0.260. The van der Waals surface area contributed by atoms with Crippen LogP contribution in [0.5, 0.6) is 0 Å². The highest BCUT2D eigenvalue weighted by molar-refractivity contribution is 6.99. The van der Waals surface area contributed by atoms with Crippen LogP contribution in [0.15, 0.2) is 60.7 Å². The lowest BCUT2D eigenvalue weighted by atomic mass is 9.93. The highest BCUT2D eigenvalue weighted by Crippen LogP contribution is 2.36. The van der Waals surface area contributed by atoms with Gasteiger partial charge in [-0.05, 0) is 66.8 Å². The molecule has 1 N–H and O–H groups in total. The van der Waals surface area contributed by atoms with E-state index in [1.165, 1.54) is 126 Å². The molecule has 2 aromatic rings. The quantitative estimate of drug-likeness (QED) is 0.0637. The topological polar surface area (TPSA) is 83.1 Å². The third-order valence-electron chi connectivity index (χ3n) is 15.4. The fraction of sp³-hybridized carbons (Fsp3) is 0.770. The zero-order chi connectivity index (χ0) is 48.9. The maximum Gasteiger partial charge on any atom is 0.308 e. The normalized spacial score (nSPS) is 18.0. The van der Waals surface area contributed by atoms with Crippen molar-refractivity contribution in [2.45, 2.75) is 250 Å². The van der Waals surface area contributed by atoms with Gasteiger partial charge in [0.2, 0.25) is 0 Å². The summed E-state index contributed by atoms with van der Waals surface area (Å²) in [5.41, 5.74) is 0. The van der Waals surface area contributed by atoms with E-state index in [2.05, 4.69) is 86.8 Å². The number of benzene rings is 2. The highest BCUT2D eigenvalue weighted by atomic mass is 28.4. The first kappa shape index (κ1) is 59.0. The molecule has 0 saturated heterocycles. The Labute approximate surface area is 424 Å². The molecule has 0 unspecified atom stereocenters. The Hall–Kier alpha value is -2.52. The second-order valence-corrected chi connectivity index (χ2v) is 26.4. The molecule has 0 atom stereocenters. The van der Waals surface area contributed by atoms with Gasteiger partial charge in [0.05, 0.1) is 44.9 Å². The van der Waals surface area contributed by atoms with E-state index in [9.17, 15) is 9.59 Å². The molecule has 69 heavy (non-hydrogen) atoms. The summed E-state index contributed by atoms with van der Waals surface area (Å²) in [7, 11) is -2.59. The lowest BCUT2D eigenvalue weighted by Gasteiger charge is -2.43. The third-order valence-corrected chi connectivity index (χ3v) is 20.4. The molecule has 0 amide bonds. The van der Waals surface area contributed by atoms with Gasteiger partial charge >= 0.3 is 11.9 Å². The van der Waals surface area contributed by atoms with Crippen LogP contribution in [-0.2, 0) is 28.2 Å². The Morgan fingerprint density at radius 1 is 0.478 bits per heavy atom. The van der Waals surface area contributed by atoms with Crippen molar-refractivity contribution in [3.05, 3.63) is 60.7 Å². The number of esters is 2. The fourth-order valence-electron chi connectivity index (χ4n) is 11.2. The van der Waals surface area contributed by atoms with E-state index in [0.29, 0.717) is 39.1 Å². The maximum absolute atomic E-state index is 13.2.